The predicted octanol–water partition coefficient (Wildman–Crippen LogP) is 3.02. The molecule has 0 spiro atoms. The van der Waals surface area contributed by atoms with Crippen molar-refractivity contribution in [1.82, 2.24) is 19.9 Å². The van der Waals surface area contributed by atoms with Gasteiger partial charge < -0.3 is 9.64 Å². The minimum atomic E-state index is -0.690. The highest BCUT2D eigenvalue weighted by Gasteiger charge is 2.39. The Morgan fingerprint density at radius 1 is 1.22 bits per heavy atom. The van der Waals surface area contributed by atoms with Gasteiger partial charge in [0.25, 0.3) is 0 Å². The molecule has 3 heterocycles. The van der Waals surface area contributed by atoms with Crippen molar-refractivity contribution in [3.05, 3.63) is 52.9 Å². The van der Waals surface area contributed by atoms with Crippen molar-refractivity contribution < 1.29 is 18.3 Å². The van der Waals surface area contributed by atoms with Gasteiger partial charge in [-0.1, -0.05) is 0 Å². The number of benzene rings is 1. The third-order valence-electron chi connectivity index (χ3n) is 4.30. The van der Waals surface area contributed by atoms with Gasteiger partial charge in [0.05, 0.1) is 19.1 Å². The number of carbonyl (C=O) groups excluding carboxylic acids is 1. The van der Waals surface area contributed by atoms with Gasteiger partial charge in [-0.05, 0) is 29.3 Å². The molecule has 0 N–H and O–H groups in total. The lowest BCUT2D eigenvalue weighted by Gasteiger charge is -2.40. The van der Waals surface area contributed by atoms with Crippen LogP contribution in [0.4, 0.5) is 13.6 Å². The number of urea groups is 1. The van der Waals surface area contributed by atoms with E-state index in [4.69, 9.17) is 16.3 Å². The topological polar surface area (TPSA) is 70.9 Å². The van der Waals surface area contributed by atoms with Gasteiger partial charge in [0.1, 0.15) is 17.7 Å². The van der Waals surface area contributed by atoms with E-state index in [0.29, 0.717) is 31.0 Å². The van der Waals surface area contributed by atoms with Crippen LogP contribution in [0.3, 0.4) is 0 Å². The fourth-order valence-electron chi connectivity index (χ4n) is 3.01. The second-order valence-electron chi connectivity index (χ2n) is 6.19. The molecule has 1 aromatic carbocycles. The van der Waals surface area contributed by atoms with E-state index in [9.17, 15) is 13.6 Å². The molecule has 1 saturated heterocycles. The number of likely N-dealkylation sites (tertiary alicyclic amines) is 1. The number of hydrogen-bond acceptors (Lipinski definition) is 5. The number of hydrazone groups is 1. The Morgan fingerprint density at radius 2 is 1.96 bits per heavy atom. The van der Waals surface area contributed by atoms with Gasteiger partial charge in [-0.2, -0.15) is 10.1 Å². The molecule has 1 aromatic heterocycles. The molecule has 2 aliphatic rings. The summed E-state index contributed by atoms with van der Waals surface area (Å²) in [6.07, 6.45) is 3.20. The highest BCUT2D eigenvalue weighted by Crippen LogP contribution is 2.31. The summed E-state index contributed by atoms with van der Waals surface area (Å²) in [6, 6.07) is 3.91. The largest absolute Gasteiger partial charge is 0.470 e. The number of aromatic nitrogens is 2. The molecule has 140 valence electrons. The van der Waals surface area contributed by atoms with Crippen LogP contribution in [-0.2, 0) is 0 Å². The Bertz CT molecular complexity index is 886. The maximum Gasteiger partial charge on any atom is 0.341 e. The van der Waals surface area contributed by atoms with Crippen molar-refractivity contribution >= 4 is 23.8 Å². The highest BCUT2D eigenvalue weighted by molar-refractivity contribution is 6.28. The van der Waals surface area contributed by atoms with Crippen molar-refractivity contribution in [2.45, 2.75) is 18.6 Å². The zero-order valence-electron chi connectivity index (χ0n) is 13.9. The van der Waals surface area contributed by atoms with Gasteiger partial charge in [-0.3, -0.25) is 0 Å². The molecule has 0 bridgehead atoms. The second-order valence-corrected chi connectivity index (χ2v) is 6.53. The van der Waals surface area contributed by atoms with Crippen molar-refractivity contribution in [2.75, 3.05) is 13.1 Å². The molecule has 7 nitrogen and oxygen atoms in total. The van der Waals surface area contributed by atoms with Crippen LogP contribution in [0.1, 0.15) is 18.0 Å². The number of halogens is 3. The number of nitrogens with zero attached hydrogens (tertiary/aromatic N) is 5. The van der Waals surface area contributed by atoms with Gasteiger partial charge in [0.15, 0.2) is 0 Å². The Balaban J connectivity index is 1.39. The first-order valence-electron chi connectivity index (χ1n) is 8.21. The molecule has 4 rings (SSSR count). The Kier molecular flexibility index (Phi) is 4.61. The summed E-state index contributed by atoms with van der Waals surface area (Å²) in [7, 11) is 0. The van der Waals surface area contributed by atoms with Crippen LogP contribution in [0.25, 0.3) is 0 Å². The number of amides is 2. The van der Waals surface area contributed by atoms with E-state index in [0.717, 1.165) is 6.07 Å². The van der Waals surface area contributed by atoms with Crippen LogP contribution in [0.2, 0.25) is 5.28 Å². The molecule has 1 fully saturated rings. The third-order valence-corrected chi connectivity index (χ3v) is 4.48. The van der Waals surface area contributed by atoms with E-state index < -0.39 is 17.7 Å². The normalized spacial score (nSPS) is 19.3. The number of carbonyl (C=O) groups is 1. The van der Waals surface area contributed by atoms with Crippen LogP contribution >= 0.6 is 11.6 Å². The maximum absolute atomic E-state index is 13.5. The molecule has 1 atom stereocenters. The molecule has 0 unspecified atom stereocenters. The molecule has 0 radical (unpaired) electrons. The standard InChI is InChI=1S/C17H14ClF2N5O2/c18-16-21-3-2-15(23-16)27-13-8-24(9-13)17(26)25-14(1-4-22-25)10-5-11(19)7-12(20)6-10/h2-7,13-14H,1,8-9H2/t14-/m0/s1. The fourth-order valence-corrected chi connectivity index (χ4v) is 3.15. The van der Waals surface area contributed by atoms with Gasteiger partial charge >= 0.3 is 6.03 Å². The maximum atomic E-state index is 13.5. The van der Waals surface area contributed by atoms with E-state index in [-0.39, 0.29) is 17.4 Å². The van der Waals surface area contributed by atoms with E-state index in [1.165, 1.54) is 23.3 Å². The first-order chi connectivity index (χ1) is 13.0. The minimum absolute atomic E-state index is 0.0799. The van der Waals surface area contributed by atoms with Gasteiger partial charge in [0, 0.05) is 31.0 Å². The molecule has 2 aromatic rings. The summed E-state index contributed by atoms with van der Waals surface area (Å²) in [5.74, 6) is -1.05. The SMILES string of the molecule is O=C(N1CC(Oc2ccnc(Cl)n2)C1)N1N=CC[C@H]1c1cc(F)cc(F)c1. The van der Waals surface area contributed by atoms with Crippen LogP contribution in [-0.4, -0.2) is 51.3 Å². The van der Waals surface area contributed by atoms with Crippen molar-refractivity contribution in [3.8, 4) is 5.88 Å². The van der Waals surface area contributed by atoms with Crippen molar-refractivity contribution in [3.63, 3.8) is 0 Å². The summed E-state index contributed by atoms with van der Waals surface area (Å²) in [4.78, 5) is 21.9. The van der Waals surface area contributed by atoms with Crippen LogP contribution in [0.5, 0.6) is 5.88 Å². The van der Waals surface area contributed by atoms with Gasteiger partial charge in [-0.25, -0.2) is 23.6 Å². The summed E-state index contributed by atoms with van der Waals surface area (Å²) in [6.45, 7) is 0.688. The zero-order chi connectivity index (χ0) is 19.0. The average Bonchev–Trinajstić information content (AvgIpc) is 3.06. The molecular weight excluding hydrogens is 380 g/mol. The zero-order valence-corrected chi connectivity index (χ0v) is 14.7. The molecule has 10 heteroatoms. The second kappa shape index (κ2) is 7.07. The molecule has 0 saturated carbocycles. The predicted molar refractivity (Wildman–Crippen MR) is 92.5 cm³/mol. The van der Waals surface area contributed by atoms with Crippen molar-refractivity contribution in [1.29, 1.82) is 0 Å². The lowest BCUT2D eigenvalue weighted by Crippen LogP contribution is -2.58. The first kappa shape index (κ1) is 17.6. The lowest BCUT2D eigenvalue weighted by atomic mass is 10.0. The van der Waals surface area contributed by atoms with Crippen LogP contribution < -0.4 is 4.74 Å². The fraction of sp³-hybridized carbons (Fsp3) is 0.294. The smallest absolute Gasteiger partial charge is 0.341 e. The Hall–Kier alpha value is -2.81. The van der Waals surface area contributed by atoms with E-state index in [1.54, 1.807) is 17.2 Å². The summed E-state index contributed by atoms with van der Waals surface area (Å²) >= 11 is 5.71. The molecule has 27 heavy (non-hydrogen) atoms. The summed E-state index contributed by atoms with van der Waals surface area (Å²) < 4.78 is 32.6. The Morgan fingerprint density at radius 3 is 2.67 bits per heavy atom. The Labute approximate surface area is 158 Å². The van der Waals surface area contributed by atoms with E-state index in [1.807, 2.05) is 0 Å². The third kappa shape index (κ3) is 3.68. The van der Waals surface area contributed by atoms with E-state index in [2.05, 4.69) is 15.1 Å². The van der Waals surface area contributed by atoms with E-state index >= 15 is 0 Å². The number of ether oxygens (including phenoxy) is 1. The van der Waals surface area contributed by atoms with Gasteiger partial charge in [0.2, 0.25) is 11.2 Å². The van der Waals surface area contributed by atoms with Gasteiger partial charge in [-0.15, -0.1) is 0 Å². The molecule has 2 amide bonds. The molecule has 0 aliphatic carbocycles. The summed E-state index contributed by atoms with van der Waals surface area (Å²) in [5.41, 5.74) is 0.363. The van der Waals surface area contributed by atoms with Crippen molar-refractivity contribution in [2.24, 2.45) is 5.10 Å². The number of rotatable bonds is 3. The quantitative estimate of drug-likeness (QED) is 0.751. The summed E-state index contributed by atoms with van der Waals surface area (Å²) in [5, 5.41) is 5.39. The number of hydrogen-bond donors (Lipinski definition) is 0. The van der Waals surface area contributed by atoms with Crippen LogP contribution in [0, 0.1) is 11.6 Å². The average molecular weight is 394 g/mol. The lowest BCUT2D eigenvalue weighted by molar-refractivity contribution is 0.0252. The monoisotopic (exact) mass is 393 g/mol. The highest BCUT2D eigenvalue weighted by atomic mass is 35.5. The molecule has 2 aliphatic heterocycles. The molecular formula is C17H14ClF2N5O2. The van der Waals surface area contributed by atoms with Crippen LogP contribution in [0.15, 0.2) is 35.6 Å². The minimum Gasteiger partial charge on any atom is -0.470 e. The first-order valence-corrected chi connectivity index (χ1v) is 8.59.